The molecule has 0 bridgehead atoms. The molecule has 0 saturated carbocycles. The van der Waals surface area contributed by atoms with Crippen LogP contribution in [0.1, 0.15) is 24.2 Å². The number of oxazole rings is 1. The molecule has 7 nitrogen and oxygen atoms in total. The van der Waals surface area contributed by atoms with E-state index in [1.807, 2.05) is 13.8 Å². The molecule has 2 N–H and O–H groups in total. The zero-order chi connectivity index (χ0) is 20.4. The molecule has 0 aliphatic rings. The average Bonchev–Trinajstić information content (AvgIpc) is 3.13. The first kappa shape index (κ1) is 18.5. The summed E-state index contributed by atoms with van der Waals surface area (Å²) < 4.78 is 11.3. The lowest BCUT2D eigenvalue weighted by molar-refractivity contribution is 0.102. The highest BCUT2D eigenvalue weighted by Gasteiger charge is 2.14. The summed E-state index contributed by atoms with van der Waals surface area (Å²) in [7, 11) is 0. The van der Waals surface area contributed by atoms with Gasteiger partial charge < -0.3 is 19.6 Å². The molecule has 4 rings (SSSR count). The first-order valence-corrected chi connectivity index (χ1v) is 9.11. The second-order valence-corrected chi connectivity index (χ2v) is 6.74. The normalized spacial score (nSPS) is 11.0. The Kier molecular flexibility index (Phi) is 4.87. The third-order valence-electron chi connectivity index (χ3n) is 4.16. The van der Waals surface area contributed by atoms with Crippen molar-refractivity contribution in [2.45, 2.75) is 20.0 Å². The number of rotatable bonds is 5. The zero-order valence-electron chi connectivity index (χ0n) is 15.9. The van der Waals surface area contributed by atoms with E-state index in [0.29, 0.717) is 33.7 Å². The van der Waals surface area contributed by atoms with Gasteiger partial charge in [0.2, 0.25) is 5.89 Å². The molecular weight excluding hydrogens is 370 g/mol. The Hall–Kier alpha value is -3.87. The topological polar surface area (TPSA) is 97.5 Å². The van der Waals surface area contributed by atoms with Gasteiger partial charge in [0, 0.05) is 23.5 Å². The van der Waals surface area contributed by atoms with Crippen molar-refractivity contribution in [2.24, 2.45) is 0 Å². The number of hydrogen-bond donors (Lipinski definition) is 2. The van der Waals surface area contributed by atoms with Crippen molar-refractivity contribution in [1.29, 1.82) is 0 Å². The first-order valence-electron chi connectivity index (χ1n) is 9.11. The van der Waals surface area contributed by atoms with Gasteiger partial charge in [-0.2, -0.15) is 0 Å². The number of phenolic OH excluding ortho intramolecular Hbond substituents is 1. The number of carbonyl (C=O) groups excluding carboxylic acids is 1. The summed E-state index contributed by atoms with van der Waals surface area (Å²) in [5.41, 5.74) is 2.52. The van der Waals surface area contributed by atoms with Crippen molar-refractivity contribution < 1.29 is 19.1 Å². The molecule has 0 atom stereocenters. The lowest BCUT2D eigenvalue weighted by Gasteiger charge is -2.11. The molecule has 2 aromatic carbocycles. The number of nitrogens with zero attached hydrogens (tertiary/aromatic N) is 2. The predicted octanol–water partition coefficient (Wildman–Crippen LogP) is 4.63. The lowest BCUT2D eigenvalue weighted by Crippen LogP contribution is -2.12. The number of pyridine rings is 1. The summed E-state index contributed by atoms with van der Waals surface area (Å²) in [6.45, 7) is 3.88. The number of benzene rings is 2. The average molecular weight is 389 g/mol. The quantitative estimate of drug-likeness (QED) is 0.483. The molecular formula is C22H19N3O4. The van der Waals surface area contributed by atoms with Gasteiger partial charge in [-0.15, -0.1) is 0 Å². The number of aromatic hydroxyl groups is 1. The van der Waals surface area contributed by atoms with Gasteiger partial charge in [-0.3, -0.25) is 9.78 Å². The summed E-state index contributed by atoms with van der Waals surface area (Å²) in [6.07, 6.45) is 3.25. The van der Waals surface area contributed by atoms with Crippen LogP contribution in [-0.4, -0.2) is 27.1 Å². The van der Waals surface area contributed by atoms with Gasteiger partial charge in [-0.25, -0.2) is 4.98 Å². The number of anilines is 1. The molecule has 0 unspecified atom stereocenters. The lowest BCUT2D eigenvalue weighted by atomic mass is 10.1. The van der Waals surface area contributed by atoms with Crippen LogP contribution < -0.4 is 10.1 Å². The van der Waals surface area contributed by atoms with Crippen LogP contribution in [0.3, 0.4) is 0 Å². The van der Waals surface area contributed by atoms with Crippen molar-refractivity contribution in [1.82, 2.24) is 9.97 Å². The molecule has 0 fully saturated rings. The Morgan fingerprint density at radius 2 is 1.93 bits per heavy atom. The Balaban J connectivity index is 1.56. The first-order chi connectivity index (χ1) is 14.0. The highest BCUT2D eigenvalue weighted by molar-refractivity contribution is 6.04. The number of hydrogen-bond acceptors (Lipinski definition) is 6. The second-order valence-electron chi connectivity index (χ2n) is 6.74. The standard InChI is InChI=1S/C22H19N3O4/c1-13(2)28-16-6-3-14(4-7-16)21(27)24-15-5-8-19(26)17(11-15)22-25-18-12-23-10-9-20(18)29-22/h3-13,26H,1-2H3,(H,24,27). The number of carbonyl (C=O) groups is 1. The van der Waals surface area contributed by atoms with Gasteiger partial charge in [-0.05, 0) is 56.3 Å². The van der Waals surface area contributed by atoms with Gasteiger partial charge in [-0.1, -0.05) is 0 Å². The molecule has 4 aromatic rings. The van der Waals surface area contributed by atoms with Crippen molar-refractivity contribution >= 4 is 22.7 Å². The molecule has 2 heterocycles. The highest BCUT2D eigenvalue weighted by Crippen LogP contribution is 2.33. The van der Waals surface area contributed by atoms with Crippen LogP contribution >= 0.6 is 0 Å². The van der Waals surface area contributed by atoms with Crippen LogP contribution in [0.4, 0.5) is 5.69 Å². The van der Waals surface area contributed by atoms with Gasteiger partial charge >= 0.3 is 0 Å². The molecule has 29 heavy (non-hydrogen) atoms. The summed E-state index contributed by atoms with van der Waals surface area (Å²) in [6, 6.07) is 13.3. The molecule has 0 aliphatic heterocycles. The van der Waals surface area contributed by atoms with E-state index >= 15 is 0 Å². The fourth-order valence-electron chi connectivity index (χ4n) is 2.84. The van der Waals surface area contributed by atoms with Gasteiger partial charge in [0.05, 0.1) is 17.9 Å². The van der Waals surface area contributed by atoms with Crippen LogP contribution in [0.15, 0.2) is 65.3 Å². The van der Waals surface area contributed by atoms with Crippen LogP contribution in [0.25, 0.3) is 22.6 Å². The van der Waals surface area contributed by atoms with Crippen LogP contribution in [0.2, 0.25) is 0 Å². The van der Waals surface area contributed by atoms with E-state index in [2.05, 4.69) is 15.3 Å². The number of ether oxygens (including phenoxy) is 1. The minimum atomic E-state index is -0.278. The van der Waals surface area contributed by atoms with E-state index in [9.17, 15) is 9.90 Å². The fourth-order valence-corrected chi connectivity index (χ4v) is 2.84. The summed E-state index contributed by atoms with van der Waals surface area (Å²) in [5, 5.41) is 13.0. The summed E-state index contributed by atoms with van der Waals surface area (Å²) >= 11 is 0. The highest BCUT2D eigenvalue weighted by atomic mass is 16.5. The van der Waals surface area contributed by atoms with Crippen LogP contribution in [0.5, 0.6) is 11.5 Å². The van der Waals surface area contributed by atoms with Crippen molar-refractivity contribution in [2.75, 3.05) is 5.32 Å². The summed E-state index contributed by atoms with van der Waals surface area (Å²) in [5.74, 6) is 0.669. The van der Waals surface area contributed by atoms with E-state index < -0.39 is 0 Å². The largest absolute Gasteiger partial charge is 0.507 e. The number of amides is 1. The van der Waals surface area contributed by atoms with Gasteiger partial charge in [0.1, 0.15) is 17.0 Å². The smallest absolute Gasteiger partial charge is 0.255 e. The number of aromatic nitrogens is 2. The number of fused-ring (bicyclic) bond motifs is 1. The Labute approximate surface area is 167 Å². The van der Waals surface area contributed by atoms with E-state index in [1.165, 1.54) is 6.07 Å². The molecule has 2 aromatic heterocycles. The minimum absolute atomic E-state index is 0.00213. The molecule has 0 radical (unpaired) electrons. The zero-order valence-corrected chi connectivity index (χ0v) is 15.9. The maximum Gasteiger partial charge on any atom is 0.255 e. The van der Waals surface area contributed by atoms with E-state index in [4.69, 9.17) is 9.15 Å². The van der Waals surface area contributed by atoms with Crippen molar-refractivity contribution in [3.8, 4) is 23.0 Å². The molecule has 0 aliphatic carbocycles. The Morgan fingerprint density at radius 1 is 1.14 bits per heavy atom. The molecule has 7 heteroatoms. The third-order valence-corrected chi connectivity index (χ3v) is 4.16. The fraction of sp³-hybridized carbons (Fsp3) is 0.136. The van der Waals surface area contributed by atoms with E-state index in [1.54, 1.807) is 54.9 Å². The molecule has 0 saturated heterocycles. The third kappa shape index (κ3) is 4.03. The monoisotopic (exact) mass is 389 g/mol. The van der Waals surface area contributed by atoms with Gasteiger partial charge in [0.25, 0.3) is 5.91 Å². The Bertz CT molecular complexity index is 1130. The number of phenols is 1. The van der Waals surface area contributed by atoms with E-state index in [-0.39, 0.29) is 23.7 Å². The molecule has 0 spiro atoms. The maximum atomic E-state index is 12.6. The minimum Gasteiger partial charge on any atom is -0.507 e. The second kappa shape index (κ2) is 7.63. The van der Waals surface area contributed by atoms with E-state index in [0.717, 1.165) is 0 Å². The van der Waals surface area contributed by atoms with Crippen molar-refractivity contribution in [3.63, 3.8) is 0 Å². The van der Waals surface area contributed by atoms with Crippen LogP contribution in [-0.2, 0) is 0 Å². The van der Waals surface area contributed by atoms with Crippen molar-refractivity contribution in [3.05, 3.63) is 66.5 Å². The molecule has 146 valence electrons. The number of nitrogens with one attached hydrogen (secondary N) is 1. The predicted molar refractivity (Wildman–Crippen MR) is 109 cm³/mol. The van der Waals surface area contributed by atoms with Crippen LogP contribution in [0, 0.1) is 0 Å². The van der Waals surface area contributed by atoms with Gasteiger partial charge in [0.15, 0.2) is 5.58 Å². The summed E-state index contributed by atoms with van der Waals surface area (Å²) in [4.78, 5) is 20.9. The molecule has 1 amide bonds. The maximum absolute atomic E-state index is 12.6. The SMILES string of the molecule is CC(C)Oc1ccc(C(=O)Nc2ccc(O)c(-c3nc4cnccc4o3)c2)cc1. The Morgan fingerprint density at radius 3 is 2.66 bits per heavy atom.